The van der Waals surface area contributed by atoms with Gasteiger partial charge >= 0.3 is 5.97 Å². The van der Waals surface area contributed by atoms with Crippen molar-refractivity contribution in [1.82, 2.24) is 5.32 Å². The molecule has 16 heavy (non-hydrogen) atoms. The Labute approximate surface area is 99.9 Å². The van der Waals surface area contributed by atoms with Gasteiger partial charge in [0.05, 0.1) is 16.7 Å². The van der Waals surface area contributed by atoms with Gasteiger partial charge in [-0.25, -0.2) is 0 Å². The van der Waals surface area contributed by atoms with E-state index in [1.54, 1.807) is 6.07 Å². The molecular weight excluding hydrogens is 278 g/mol. The second-order valence-corrected chi connectivity index (χ2v) is 4.63. The van der Waals surface area contributed by atoms with Crippen LogP contribution in [0.25, 0.3) is 0 Å². The molecule has 1 saturated carbocycles. The molecule has 2 rings (SSSR count). The summed E-state index contributed by atoms with van der Waals surface area (Å²) in [4.78, 5) is 22.2. The molecule has 1 heterocycles. The summed E-state index contributed by atoms with van der Waals surface area (Å²) in [6.45, 7) is 0. The van der Waals surface area contributed by atoms with Gasteiger partial charge in [-0.3, -0.25) is 9.59 Å². The van der Waals surface area contributed by atoms with E-state index >= 15 is 0 Å². The van der Waals surface area contributed by atoms with Gasteiger partial charge in [-0.15, -0.1) is 0 Å². The minimum Gasteiger partial charge on any atom is -0.481 e. The van der Waals surface area contributed by atoms with Gasteiger partial charge in [-0.05, 0) is 34.8 Å². The average molecular weight is 288 g/mol. The molecule has 0 spiro atoms. The van der Waals surface area contributed by atoms with Gasteiger partial charge in [0.25, 0.3) is 5.91 Å². The van der Waals surface area contributed by atoms with E-state index in [-0.39, 0.29) is 23.6 Å². The SMILES string of the molecule is O=C(NC1CC(C(=O)O)C1)c1occc1Br. The third kappa shape index (κ3) is 2.11. The molecule has 86 valence electrons. The first-order chi connectivity index (χ1) is 7.58. The van der Waals surface area contributed by atoms with Crippen molar-refractivity contribution in [1.29, 1.82) is 0 Å². The summed E-state index contributed by atoms with van der Waals surface area (Å²) < 4.78 is 5.59. The molecule has 0 atom stereocenters. The summed E-state index contributed by atoms with van der Waals surface area (Å²) in [5.41, 5.74) is 0. The molecule has 6 heteroatoms. The Balaban J connectivity index is 1.87. The number of aliphatic carboxylic acids is 1. The lowest BCUT2D eigenvalue weighted by Gasteiger charge is -2.32. The molecule has 1 aliphatic rings. The van der Waals surface area contributed by atoms with Crippen molar-refractivity contribution in [3.05, 3.63) is 22.6 Å². The fourth-order valence-corrected chi connectivity index (χ4v) is 2.03. The highest BCUT2D eigenvalue weighted by Crippen LogP contribution is 2.28. The van der Waals surface area contributed by atoms with Gasteiger partial charge in [0, 0.05) is 6.04 Å². The van der Waals surface area contributed by atoms with Gasteiger partial charge in [0.15, 0.2) is 0 Å². The molecule has 0 saturated heterocycles. The van der Waals surface area contributed by atoms with E-state index in [9.17, 15) is 9.59 Å². The number of halogens is 1. The van der Waals surface area contributed by atoms with Crippen molar-refractivity contribution >= 4 is 27.8 Å². The number of hydrogen-bond acceptors (Lipinski definition) is 3. The Morgan fingerprint density at radius 1 is 1.50 bits per heavy atom. The zero-order chi connectivity index (χ0) is 11.7. The predicted molar refractivity (Wildman–Crippen MR) is 58.0 cm³/mol. The molecule has 1 amide bonds. The third-order valence-electron chi connectivity index (χ3n) is 2.65. The average Bonchev–Trinajstić information content (AvgIpc) is 2.56. The van der Waals surface area contributed by atoms with E-state index in [4.69, 9.17) is 9.52 Å². The molecule has 2 N–H and O–H groups in total. The maximum absolute atomic E-state index is 11.6. The summed E-state index contributed by atoms with van der Waals surface area (Å²) in [6, 6.07) is 1.57. The predicted octanol–water partition coefficient (Wildman–Crippen LogP) is 1.64. The topological polar surface area (TPSA) is 79.5 Å². The van der Waals surface area contributed by atoms with Gasteiger partial charge in [-0.2, -0.15) is 0 Å². The van der Waals surface area contributed by atoms with Crippen molar-refractivity contribution in [2.24, 2.45) is 5.92 Å². The van der Waals surface area contributed by atoms with Crippen LogP contribution in [0, 0.1) is 5.92 Å². The first kappa shape index (κ1) is 11.2. The highest BCUT2D eigenvalue weighted by atomic mass is 79.9. The van der Waals surface area contributed by atoms with Crippen LogP contribution in [0.3, 0.4) is 0 Å². The van der Waals surface area contributed by atoms with Crippen LogP contribution < -0.4 is 5.32 Å². The van der Waals surface area contributed by atoms with Gasteiger partial charge < -0.3 is 14.8 Å². The molecule has 0 aliphatic heterocycles. The highest BCUT2D eigenvalue weighted by molar-refractivity contribution is 9.10. The van der Waals surface area contributed by atoms with Crippen LogP contribution in [0.5, 0.6) is 0 Å². The number of furan rings is 1. The molecule has 0 unspecified atom stereocenters. The Morgan fingerprint density at radius 2 is 2.19 bits per heavy atom. The summed E-state index contributed by atoms with van der Waals surface area (Å²) in [5.74, 6) is -1.22. The molecular formula is C10H10BrNO4. The minimum atomic E-state index is -0.801. The highest BCUT2D eigenvalue weighted by Gasteiger charge is 2.35. The van der Waals surface area contributed by atoms with Gasteiger partial charge in [-0.1, -0.05) is 0 Å². The molecule has 0 radical (unpaired) electrons. The quantitative estimate of drug-likeness (QED) is 0.886. The summed E-state index contributed by atoms with van der Waals surface area (Å²) >= 11 is 3.18. The van der Waals surface area contributed by atoms with Crippen LogP contribution in [0.4, 0.5) is 0 Å². The molecule has 0 bridgehead atoms. The number of hydrogen-bond donors (Lipinski definition) is 2. The van der Waals surface area contributed by atoms with E-state index in [0.717, 1.165) is 0 Å². The summed E-state index contributed by atoms with van der Waals surface area (Å²) in [7, 11) is 0. The van der Waals surface area contributed by atoms with E-state index < -0.39 is 5.97 Å². The lowest BCUT2D eigenvalue weighted by atomic mass is 9.80. The first-order valence-corrected chi connectivity index (χ1v) is 5.64. The van der Waals surface area contributed by atoms with Crippen molar-refractivity contribution in [3.8, 4) is 0 Å². The Hall–Kier alpha value is -1.30. The van der Waals surface area contributed by atoms with Crippen molar-refractivity contribution < 1.29 is 19.1 Å². The standard InChI is InChI=1S/C10H10BrNO4/c11-7-1-2-16-8(7)9(13)12-6-3-5(4-6)10(14)15/h1-2,5-6H,3-4H2,(H,12,13)(H,14,15). The van der Waals surface area contributed by atoms with Crippen molar-refractivity contribution in [2.75, 3.05) is 0 Å². The summed E-state index contributed by atoms with van der Waals surface area (Å²) in [5, 5.41) is 11.4. The second-order valence-electron chi connectivity index (χ2n) is 3.77. The lowest BCUT2D eigenvalue weighted by Crippen LogP contribution is -2.46. The zero-order valence-corrected chi connectivity index (χ0v) is 9.86. The molecule has 1 aromatic rings. The normalized spacial score (nSPS) is 23.6. The van der Waals surface area contributed by atoms with Crippen LogP contribution in [-0.2, 0) is 4.79 Å². The number of carboxylic acids is 1. The van der Waals surface area contributed by atoms with Crippen LogP contribution in [0.2, 0.25) is 0 Å². The van der Waals surface area contributed by atoms with Crippen LogP contribution in [0.1, 0.15) is 23.4 Å². The number of rotatable bonds is 3. The molecule has 1 aromatic heterocycles. The van der Waals surface area contributed by atoms with E-state index in [2.05, 4.69) is 21.2 Å². The van der Waals surface area contributed by atoms with Gasteiger partial charge in [0.2, 0.25) is 5.76 Å². The fraction of sp³-hybridized carbons (Fsp3) is 0.400. The van der Waals surface area contributed by atoms with Gasteiger partial charge in [0.1, 0.15) is 0 Å². The third-order valence-corrected chi connectivity index (χ3v) is 3.27. The monoisotopic (exact) mass is 287 g/mol. The van der Waals surface area contributed by atoms with Crippen LogP contribution >= 0.6 is 15.9 Å². The summed E-state index contributed by atoms with van der Waals surface area (Å²) in [6.07, 6.45) is 2.39. The first-order valence-electron chi connectivity index (χ1n) is 4.84. The molecule has 5 nitrogen and oxygen atoms in total. The Bertz CT molecular complexity index is 422. The maximum Gasteiger partial charge on any atom is 0.306 e. The lowest BCUT2D eigenvalue weighted by molar-refractivity contribution is -0.145. The Morgan fingerprint density at radius 3 is 2.69 bits per heavy atom. The number of nitrogens with one attached hydrogen (secondary N) is 1. The molecule has 0 aromatic carbocycles. The largest absolute Gasteiger partial charge is 0.481 e. The zero-order valence-electron chi connectivity index (χ0n) is 8.27. The number of carbonyl (C=O) groups is 2. The second kappa shape index (κ2) is 4.29. The number of amides is 1. The van der Waals surface area contributed by atoms with Crippen LogP contribution in [-0.4, -0.2) is 23.0 Å². The van der Waals surface area contributed by atoms with E-state index in [1.807, 2.05) is 0 Å². The molecule has 1 aliphatic carbocycles. The van der Waals surface area contributed by atoms with Crippen molar-refractivity contribution in [3.63, 3.8) is 0 Å². The Kier molecular flexibility index (Phi) is 3.00. The van der Waals surface area contributed by atoms with Crippen LogP contribution in [0.15, 0.2) is 21.2 Å². The van der Waals surface area contributed by atoms with E-state index in [1.165, 1.54) is 6.26 Å². The van der Waals surface area contributed by atoms with Crippen molar-refractivity contribution in [2.45, 2.75) is 18.9 Å². The number of carbonyl (C=O) groups excluding carboxylic acids is 1. The molecule has 1 fully saturated rings. The maximum atomic E-state index is 11.6. The number of carboxylic acid groups (broad SMARTS) is 1. The smallest absolute Gasteiger partial charge is 0.306 e. The fourth-order valence-electron chi connectivity index (χ4n) is 1.64. The van der Waals surface area contributed by atoms with E-state index in [0.29, 0.717) is 17.3 Å². The minimum absolute atomic E-state index is 0.0643.